The molecular formula is C21H22O3. The molecular weight excluding hydrogens is 300 g/mol. The third-order valence-electron chi connectivity index (χ3n) is 4.42. The SMILES string of the molecule is CCCCCCCOc1cccc2c1C(=O)c1ccccc1C2=O. The summed E-state index contributed by atoms with van der Waals surface area (Å²) in [4.78, 5) is 25.5. The van der Waals surface area contributed by atoms with Gasteiger partial charge in [0.1, 0.15) is 5.75 Å². The van der Waals surface area contributed by atoms with Gasteiger partial charge in [0.2, 0.25) is 0 Å². The summed E-state index contributed by atoms with van der Waals surface area (Å²) in [6, 6.07) is 12.3. The Kier molecular flexibility index (Phi) is 5.09. The van der Waals surface area contributed by atoms with E-state index < -0.39 is 0 Å². The molecule has 2 aromatic rings. The van der Waals surface area contributed by atoms with E-state index in [1.165, 1.54) is 19.3 Å². The first-order valence-electron chi connectivity index (χ1n) is 8.68. The van der Waals surface area contributed by atoms with Crippen molar-refractivity contribution in [1.82, 2.24) is 0 Å². The molecule has 24 heavy (non-hydrogen) atoms. The predicted molar refractivity (Wildman–Crippen MR) is 94.0 cm³/mol. The molecule has 2 aromatic carbocycles. The van der Waals surface area contributed by atoms with Crippen LogP contribution in [0.3, 0.4) is 0 Å². The normalized spacial score (nSPS) is 12.7. The monoisotopic (exact) mass is 322 g/mol. The molecule has 0 amide bonds. The maximum absolute atomic E-state index is 12.8. The van der Waals surface area contributed by atoms with Gasteiger partial charge in [-0.15, -0.1) is 0 Å². The molecule has 0 aliphatic heterocycles. The second-order valence-electron chi connectivity index (χ2n) is 6.15. The average Bonchev–Trinajstić information content (AvgIpc) is 2.62. The quantitative estimate of drug-likeness (QED) is 0.586. The fraction of sp³-hybridized carbons (Fsp3) is 0.333. The zero-order valence-corrected chi connectivity index (χ0v) is 14.0. The lowest BCUT2D eigenvalue weighted by molar-refractivity contribution is 0.0975. The van der Waals surface area contributed by atoms with E-state index in [1.54, 1.807) is 42.5 Å². The van der Waals surface area contributed by atoms with Crippen LogP contribution in [-0.2, 0) is 0 Å². The van der Waals surface area contributed by atoms with Gasteiger partial charge in [0.25, 0.3) is 0 Å². The van der Waals surface area contributed by atoms with E-state index in [2.05, 4.69) is 6.92 Å². The molecule has 1 aliphatic rings. The molecule has 0 saturated heterocycles. The summed E-state index contributed by atoms with van der Waals surface area (Å²) in [6.07, 6.45) is 5.74. The van der Waals surface area contributed by atoms with Crippen LogP contribution in [0, 0.1) is 0 Å². The van der Waals surface area contributed by atoms with Gasteiger partial charge in [0.15, 0.2) is 11.6 Å². The Labute approximate surface area is 142 Å². The molecule has 0 unspecified atom stereocenters. The van der Waals surface area contributed by atoms with Gasteiger partial charge in [-0.05, 0) is 12.5 Å². The maximum atomic E-state index is 12.8. The topological polar surface area (TPSA) is 43.4 Å². The van der Waals surface area contributed by atoms with E-state index in [1.807, 2.05) is 0 Å². The third kappa shape index (κ3) is 3.12. The fourth-order valence-corrected chi connectivity index (χ4v) is 3.12. The zero-order valence-electron chi connectivity index (χ0n) is 14.0. The number of ether oxygens (including phenoxy) is 1. The summed E-state index contributed by atoms with van der Waals surface area (Å²) in [5.74, 6) is 0.297. The molecule has 0 fully saturated rings. The minimum absolute atomic E-state index is 0.103. The molecule has 0 bridgehead atoms. The molecule has 1 aliphatic carbocycles. The number of carbonyl (C=O) groups is 2. The largest absolute Gasteiger partial charge is 0.493 e. The van der Waals surface area contributed by atoms with Crippen LogP contribution in [0.1, 0.15) is 70.9 Å². The molecule has 0 heterocycles. The molecule has 3 rings (SSSR count). The first-order valence-corrected chi connectivity index (χ1v) is 8.68. The molecule has 0 aromatic heterocycles. The highest BCUT2D eigenvalue weighted by Crippen LogP contribution is 2.33. The van der Waals surface area contributed by atoms with Crippen LogP contribution in [0.4, 0.5) is 0 Å². The van der Waals surface area contributed by atoms with Gasteiger partial charge in [0, 0.05) is 16.7 Å². The second kappa shape index (κ2) is 7.43. The Morgan fingerprint density at radius 3 is 2.17 bits per heavy atom. The molecule has 0 saturated carbocycles. The number of hydrogen-bond acceptors (Lipinski definition) is 3. The van der Waals surface area contributed by atoms with Crippen molar-refractivity contribution in [3.05, 3.63) is 64.7 Å². The number of fused-ring (bicyclic) bond motifs is 2. The van der Waals surface area contributed by atoms with Gasteiger partial charge < -0.3 is 4.74 Å². The third-order valence-corrected chi connectivity index (χ3v) is 4.42. The smallest absolute Gasteiger partial charge is 0.198 e. The lowest BCUT2D eigenvalue weighted by Gasteiger charge is -2.20. The van der Waals surface area contributed by atoms with E-state index in [9.17, 15) is 9.59 Å². The average molecular weight is 322 g/mol. The van der Waals surface area contributed by atoms with Crippen molar-refractivity contribution in [3.8, 4) is 5.75 Å². The van der Waals surface area contributed by atoms with E-state index in [4.69, 9.17) is 4.74 Å². The highest BCUT2D eigenvalue weighted by atomic mass is 16.5. The summed E-state index contributed by atoms with van der Waals surface area (Å²) < 4.78 is 5.85. The zero-order chi connectivity index (χ0) is 16.9. The van der Waals surface area contributed by atoms with Crippen molar-refractivity contribution >= 4 is 11.6 Å². The highest BCUT2D eigenvalue weighted by molar-refractivity contribution is 6.29. The Bertz CT molecular complexity index is 761. The summed E-state index contributed by atoms with van der Waals surface area (Å²) in [7, 11) is 0. The van der Waals surface area contributed by atoms with Crippen LogP contribution >= 0.6 is 0 Å². The van der Waals surface area contributed by atoms with Gasteiger partial charge in [-0.3, -0.25) is 9.59 Å². The van der Waals surface area contributed by atoms with Gasteiger partial charge in [-0.1, -0.05) is 69.0 Å². The molecule has 3 nitrogen and oxygen atoms in total. The van der Waals surface area contributed by atoms with Crippen molar-refractivity contribution in [2.45, 2.75) is 39.0 Å². The first-order chi connectivity index (χ1) is 11.7. The summed E-state index contributed by atoms with van der Waals surface area (Å²) in [5, 5.41) is 0. The van der Waals surface area contributed by atoms with Gasteiger partial charge in [0.05, 0.1) is 12.2 Å². The molecule has 0 N–H and O–H groups in total. The lowest BCUT2D eigenvalue weighted by atomic mass is 9.83. The number of ketones is 2. The van der Waals surface area contributed by atoms with Crippen LogP contribution in [-0.4, -0.2) is 18.2 Å². The van der Waals surface area contributed by atoms with E-state index >= 15 is 0 Å². The van der Waals surface area contributed by atoms with Crippen LogP contribution in [0.2, 0.25) is 0 Å². The van der Waals surface area contributed by atoms with Crippen LogP contribution in [0.15, 0.2) is 42.5 Å². The van der Waals surface area contributed by atoms with E-state index in [-0.39, 0.29) is 11.6 Å². The van der Waals surface area contributed by atoms with Crippen LogP contribution in [0.25, 0.3) is 0 Å². The van der Waals surface area contributed by atoms with Crippen molar-refractivity contribution < 1.29 is 14.3 Å². The van der Waals surface area contributed by atoms with Crippen molar-refractivity contribution in [2.24, 2.45) is 0 Å². The van der Waals surface area contributed by atoms with Crippen molar-refractivity contribution in [2.75, 3.05) is 6.61 Å². The summed E-state index contributed by atoms with van der Waals surface area (Å²) in [6.45, 7) is 2.76. The first kappa shape index (κ1) is 16.4. The molecule has 124 valence electrons. The minimum atomic E-state index is -0.123. The van der Waals surface area contributed by atoms with E-state index in [0.29, 0.717) is 34.6 Å². The molecule has 3 heteroatoms. The summed E-state index contributed by atoms with van der Waals surface area (Å²) in [5.41, 5.74) is 1.80. The molecule has 0 spiro atoms. The van der Waals surface area contributed by atoms with Crippen LogP contribution in [0.5, 0.6) is 5.75 Å². The van der Waals surface area contributed by atoms with Crippen molar-refractivity contribution in [3.63, 3.8) is 0 Å². The van der Waals surface area contributed by atoms with Gasteiger partial charge >= 0.3 is 0 Å². The van der Waals surface area contributed by atoms with Crippen molar-refractivity contribution in [1.29, 1.82) is 0 Å². The lowest BCUT2D eigenvalue weighted by Crippen LogP contribution is -2.21. The summed E-state index contributed by atoms with van der Waals surface area (Å²) >= 11 is 0. The Hall–Kier alpha value is -2.42. The number of hydrogen-bond donors (Lipinski definition) is 0. The second-order valence-corrected chi connectivity index (χ2v) is 6.15. The fourth-order valence-electron chi connectivity index (χ4n) is 3.12. The maximum Gasteiger partial charge on any atom is 0.198 e. The Morgan fingerprint density at radius 1 is 0.750 bits per heavy atom. The minimum Gasteiger partial charge on any atom is -0.493 e. The van der Waals surface area contributed by atoms with Crippen LogP contribution < -0.4 is 4.74 Å². The molecule has 0 radical (unpaired) electrons. The standard InChI is InChI=1S/C21H22O3/c1-2-3-4-5-8-14-24-18-13-9-12-17-19(18)21(23)16-11-7-6-10-15(16)20(17)22/h6-7,9-13H,2-5,8,14H2,1H3. The number of carbonyl (C=O) groups excluding carboxylic acids is 2. The number of unbranched alkanes of at least 4 members (excludes halogenated alkanes) is 4. The number of benzene rings is 2. The van der Waals surface area contributed by atoms with E-state index in [0.717, 1.165) is 12.8 Å². The van der Waals surface area contributed by atoms with Gasteiger partial charge in [-0.2, -0.15) is 0 Å². The predicted octanol–water partition coefficient (Wildman–Crippen LogP) is 4.81. The number of rotatable bonds is 7. The van der Waals surface area contributed by atoms with Gasteiger partial charge in [-0.25, -0.2) is 0 Å². The highest BCUT2D eigenvalue weighted by Gasteiger charge is 2.31. The molecule has 0 atom stereocenters. The Balaban J connectivity index is 1.80. The Morgan fingerprint density at radius 2 is 1.42 bits per heavy atom.